The van der Waals surface area contributed by atoms with Gasteiger partial charge in [-0.15, -0.1) is 0 Å². The molecule has 3 heterocycles. The van der Waals surface area contributed by atoms with E-state index in [1.807, 2.05) is 4.90 Å². The first-order valence-electron chi connectivity index (χ1n) is 7.79. The first-order valence-corrected chi connectivity index (χ1v) is 7.79. The molecule has 21 heavy (non-hydrogen) atoms. The topological polar surface area (TPSA) is 77.9 Å². The average molecular weight is 294 g/mol. The van der Waals surface area contributed by atoms with Gasteiger partial charge in [0.1, 0.15) is 0 Å². The fraction of sp³-hybridized carbons (Fsp3) is 0.800. The number of hydrogen-bond donors (Lipinski definition) is 1. The van der Waals surface area contributed by atoms with Crippen LogP contribution in [0.1, 0.15) is 39.0 Å². The molecule has 0 aromatic heterocycles. The smallest absolute Gasteiger partial charge is 0.308 e. The van der Waals surface area contributed by atoms with Crippen molar-refractivity contribution in [3.63, 3.8) is 0 Å². The number of nitrogens with zero attached hydrogens (tertiary/aromatic N) is 2. The summed E-state index contributed by atoms with van der Waals surface area (Å²) in [5.41, 5.74) is 0. The molecule has 2 bridgehead atoms. The van der Waals surface area contributed by atoms with Gasteiger partial charge in [-0.3, -0.25) is 14.4 Å². The second kappa shape index (κ2) is 5.31. The number of piperidine rings is 1. The number of rotatable bonds is 2. The standard InChI is InChI=1S/C15H22N2O4/c1-9(18)16-6-4-10(5-7-16)14(19)17-11-2-3-13(17)12(8-11)15(20)21/h10-13H,2-8H2,1H3,(H,20,21). The minimum atomic E-state index is -0.772. The molecule has 3 atom stereocenters. The molecule has 0 saturated carbocycles. The zero-order valence-corrected chi connectivity index (χ0v) is 12.3. The number of fused-ring (bicyclic) bond motifs is 2. The van der Waals surface area contributed by atoms with E-state index in [1.165, 1.54) is 0 Å². The van der Waals surface area contributed by atoms with E-state index in [0.717, 1.165) is 12.8 Å². The first kappa shape index (κ1) is 14.4. The van der Waals surface area contributed by atoms with Gasteiger partial charge in [0, 0.05) is 38.0 Å². The largest absolute Gasteiger partial charge is 0.481 e. The Bertz CT molecular complexity index is 470. The molecule has 3 unspecified atom stereocenters. The van der Waals surface area contributed by atoms with Gasteiger partial charge in [-0.1, -0.05) is 0 Å². The summed E-state index contributed by atoms with van der Waals surface area (Å²) in [7, 11) is 0. The summed E-state index contributed by atoms with van der Waals surface area (Å²) in [6.07, 6.45) is 3.77. The molecule has 0 radical (unpaired) electrons. The third kappa shape index (κ3) is 2.40. The van der Waals surface area contributed by atoms with Crippen LogP contribution in [0, 0.1) is 11.8 Å². The van der Waals surface area contributed by atoms with Gasteiger partial charge in [-0.2, -0.15) is 0 Å². The van der Waals surface area contributed by atoms with Crippen molar-refractivity contribution in [3.05, 3.63) is 0 Å². The Balaban J connectivity index is 1.64. The molecule has 0 aliphatic carbocycles. The third-order valence-corrected chi connectivity index (χ3v) is 5.40. The van der Waals surface area contributed by atoms with E-state index < -0.39 is 5.97 Å². The lowest BCUT2D eigenvalue weighted by atomic mass is 9.89. The van der Waals surface area contributed by atoms with E-state index in [0.29, 0.717) is 32.4 Å². The number of hydrogen-bond acceptors (Lipinski definition) is 3. The van der Waals surface area contributed by atoms with Crippen LogP contribution >= 0.6 is 0 Å². The number of likely N-dealkylation sites (tertiary alicyclic amines) is 1. The van der Waals surface area contributed by atoms with Gasteiger partial charge >= 0.3 is 5.97 Å². The zero-order chi connectivity index (χ0) is 15.1. The monoisotopic (exact) mass is 294 g/mol. The van der Waals surface area contributed by atoms with Gasteiger partial charge < -0.3 is 14.9 Å². The van der Waals surface area contributed by atoms with Crippen molar-refractivity contribution in [2.75, 3.05) is 13.1 Å². The Labute approximate surface area is 124 Å². The second-order valence-corrected chi connectivity index (χ2v) is 6.50. The van der Waals surface area contributed by atoms with E-state index in [-0.39, 0.29) is 35.7 Å². The quantitative estimate of drug-likeness (QED) is 0.813. The summed E-state index contributed by atoms with van der Waals surface area (Å²) in [6.45, 7) is 2.83. The highest BCUT2D eigenvalue weighted by atomic mass is 16.4. The van der Waals surface area contributed by atoms with Crippen LogP contribution in [0.25, 0.3) is 0 Å². The molecule has 2 amide bonds. The van der Waals surface area contributed by atoms with Crippen molar-refractivity contribution >= 4 is 17.8 Å². The maximum atomic E-state index is 12.7. The lowest BCUT2D eigenvalue weighted by Gasteiger charge is -2.34. The molecule has 0 aromatic rings. The van der Waals surface area contributed by atoms with E-state index in [9.17, 15) is 19.5 Å². The second-order valence-electron chi connectivity index (χ2n) is 6.50. The molecule has 3 fully saturated rings. The van der Waals surface area contributed by atoms with E-state index in [4.69, 9.17) is 0 Å². The molecule has 0 aromatic carbocycles. The van der Waals surface area contributed by atoms with Crippen molar-refractivity contribution in [2.24, 2.45) is 11.8 Å². The summed E-state index contributed by atoms with van der Waals surface area (Å²) in [5.74, 6) is -1.02. The van der Waals surface area contributed by atoms with Crippen molar-refractivity contribution in [1.82, 2.24) is 9.80 Å². The van der Waals surface area contributed by atoms with Gasteiger partial charge in [0.25, 0.3) is 0 Å². The number of carboxylic acids is 1. The van der Waals surface area contributed by atoms with Crippen LogP contribution in [0.15, 0.2) is 0 Å². The summed E-state index contributed by atoms with van der Waals surface area (Å²) < 4.78 is 0. The lowest BCUT2D eigenvalue weighted by Crippen LogP contribution is -2.46. The SMILES string of the molecule is CC(=O)N1CCC(C(=O)N2C3CCC2C(C(=O)O)C3)CC1. The van der Waals surface area contributed by atoms with Crippen molar-refractivity contribution < 1.29 is 19.5 Å². The molecular formula is C15H22N2O4. The van der Waals surface area contributed by atoms with Crippen molar-refractivity contribution in [1.29, 1.82) is 0 Å². The highest BCUT2D eigenvalue weighted by Gasteiger charge is 2.52. The highest BCUT2D eigenvalue weighted by Crippen LogP contribution is 2.43. The molecule has 3 aliphatic rings. The Morgan fingerprint density at radius 2 is 1.71 bits per heavy atom. The number of carboxylic acid groups (broad SMARTS) is 1. The van der Waals surface area contributed by atoms with Gasteiger partial charge in [0.15, 0.2) is 0 Å². The molecule has 3 aliphatic heterocycles. The molecule has 1 N–H and O–H groups in total. The van der Waals surface area contributed by atoms with Crippen LogP contribution in [0.5, 0.6) is 0 Å². The fourth-order valence-corrected chi connectivity index (χ4v) is 4.25. The van der Waals surface area contributed by atoms with Gasteiger partial charge in [-0.25, -0.2) is 0 Å². The minimum absolute atomic E-state index is 0.0451. The summed E-state index contributed by atoms with van der Waals surface area (Å²) >= 11 is 0. The van der Waals surface area contributed by atoms with Gasteiger partial charge in [-0.05, 0) is 32.1 Å². The van der Waals surface area contributed by atoms with Gasteiger partial charge in [0.2, 0.25) is 11.8 Å². The van der Waals surface area contributed by atoms with Gasteiger partial charge in [0.05, 0.1) is 5.92 Å². The normalized spacial score (nSPS) is 32.5. The molecule has 3 rings (SSSR count). The van der Waals surface area contributed by atoms with E-state index >= 15 is 0 Å². The van der Waals surface area contributed by atoms with Crippen molar-refractivity contribution in [3.8, 4) is 0 Å². The van der Waals surface area contributed by atoms with Crippen LogP contribution in [0.2, 0.25) is 0 Å². The Kier molecular flexibility index (Phi) is 3.63. The summed E-state index contributed by atoms with van der Waals surface area (Å²) in [5, 5.41) is 9.26. The van der Waals surface area contributed by atoms with Crippen LogP contribution in [0.4, 0.5) is 0 Å². The predicted molar refractivity (Wildman–Crippen MR) is 74.4 cm³/mol. The lowest BCUT2D eigenvalue weighted by molar-refractivity contribution is -0.145. The molecule has 116 valence electrons. The number of aliphatic carboxylic acids is 1. The van der Waals surface area contributed by atoms with E-state index in [1.54, 1.807) is 11.8 Å². The average Bonchev–Trinajstić information content (AvgIpc) is 3.04. The van der Waals surface area contributed by atoms with Crippen LogP contribution in [-0.4, -0.2) is 57.9 Å². The first-order chi connectivity index (χ1) is 9.99. The number of carbonyl (C=O) groups excluding carboxylic acids is 2. The highest BCUT2D eigenvalue weighted by molar-refractivity contribution is 5.83. The minimum Gasteiger partial charge on any atom is -0.481 e. The van der Waals surface area contributed by atoms with E-state index in [2.05, 4.69) is 0 Å². The summed E-state index contributed by atoms with van der Waals surface area (Å²) in [6, 6.07) is 0.0141. The number of amides is 2. The molecule has 6 nitrogen and oxygen atoms in total. The Hall–Kier alpha value is -1.59. The molecular weight excluding hydrogens is 272 g/mol. The maximum Gasteiger partial charge on any atom is 0.308 e. The van der Waals surface area contributed by atoms with Crippen LogP contribution < -0.4 is 0 Å². The summed E-state index contributed by atoms with van der Waals surface area (Å²) in [4.78, 5) is 39.0. The molecule has 0 spiro atoms. The van der Waals surface area contributed by atoms with Crippen LogP contribution in [-0.2, 0) is 14.4 Å². The fourth-order valence-electron chi connectivity index (χ4n) is 4.25. The number of carbonyl (C=O) groups is 3. The van der Waals surface area contributed by atoms with Crippen LogP contribution in [0.3, 0.4) is 0 Å². The maximum absolute atomic E-state index is 12.7. The zero-order valence-electron chi connectivity index (χ0n) is 12.3. The van der Waals surface area contributed by atoms with Crippen molar-refractivity contribution in [2.45, 2.75) is 51.1 Å². The Morgan fingerprint density at radius 3 is 2.24 bits per heavy atom. The third-order valence-electron chi connectivity index (χ3n) is 5.40. The molecule has 6 heteroatoms. The predicted octanol–water partition coefficient (Wildman–Crippen LogP) is 0.709. The molecule has 3 saturated heterocycles. The Morgan fingerprint density at radius 1 is 1.05 bits per heavy atom.